The first kappa shape index (κ1) is 14.3. The van der Waals surface area contributed by atoms with Crippen LogP contribution in [-0.2, 0) is 4.79 Å². The molecule has 1 N–H and O–H groups in total. The van der Waals surface area contributed by atoms with E-state index < -0.39 is 10.9 Å². The largest absolute Gasteiger partial charge is 0.480 e. The summed E-state index contributed by atoms with van der Waals surface area (Å²) in [6.45, 7) is 4.74. The molecule has 0 amide bonds. The molecule has 7 heteroatoms. The highest BCUT2D eigenvalue weighted by atomic mass is 16.6. The number of carbonyl (C=O) groups is 1. The van der Waals surface area contributed by atoms with Gasteiger partial charge >= 0.3 is 5.97 Å². The summed E-state index contributed by atoms with van der Waals surface area (Å²) in [6.07, 6.45) is 0. The molecule has 1 aliphatic rings. The second-order valence-electron chi connectivity index (χ2n) is 4.88. The number of nitrogens with zero attached hydrogens (tertiary/aromatic N) is 3. The van der Waals surface area contributed by atoms with Gasteiger partial charge in [-0.1, -0.05) is 0 Å². The number of anilines is 1. The number of aryl methyl sites for hydroxylation is 1. The van der Waals surface area contributed by atoms with Crippen LogP contribution in [0.2, 0.25) is 0 Å². The molecule has 1 aromatic rings. The lowest BCUT2D eigenvalue weighted by molar-refractivity contribution is -0.384. The third kappa shape index (κ3) is 3.24. The molecule has 0 aromatic heterocycles. The van der Waals surface area contributed by atoms with Crippen LogP contribution in [0, 0.1) is 17.0 Å². The van der Waals surface area contributed by atoms with Crippen LogP contribution in [0.3, 0.4) is 0 Å². The summed E-state index contributed by atoms with van der Waals surface area (Å²) in [7, 11) is 0. The van der Waals surface area contributed by atoms with Gasteiger partial charge in [0.25, 0.3) is 5.69 Å². The normalized spacial score (nSPS) is 16.1. The molecule has 1 heterocycles. The van der Waals surface area contributed by atoms with Crippen molar-refractivity contribution in [3.05, 3.63) is 33.9 Å². The second kappa shape index (κ2) is 5.87. The molecule has 0 bridgehead atoms. The van der Waals surface area contributed by atoms with Crippen LogP contribution < -0.4 is 4.90 Å². The number of carboxylic acids is 1. The van der Waals surface area contributed by atoms with Gasteiger partial charge in [0.15, 0.2) is 0 Å². The van der Waals surface area contributed by atoms with Crippen LogP contribution in [0.4, 0.5) is 11.4 Å². The third-order valence-corrected chi connectivity index (χ3v) is 3.46. The number of non-ortho nitro benzene ring substituents is 1. The minimum Gasteiger partial charge on any atom is -0.480 e. The van der Waals surface area contributed by atoms with Gasteiger partial charge in [-0.25, -0.2) is 0 Å². The summed E-state index contributed by atoms with van der Waals surface area (Å²) < 4.78 is 0. The maximum atomic E-state index is 10.7. The summed E-state index contributed by atoms with van der Waals surface area (Å²) in [5, 5.41) is 19.5. The fourth-order valence-electron chi connectivity index (χ4n) is 2.45. The van der Waals surface area contributed by atoms with Crippen molar-refractivity contribution < 1.29 is 14.8 Å². The second-order valence-corrected chi connectivity index (χ2v) is 4.88. The Morgan fingerprint density at radius 2 is 2.00 bits per heavy atom. The Hall–Kier alpha value is -2.15. The van der Waals surface area contributed by atoms with Gasteiger partial charge < -0.3 is 10.0 Å². The van der Waals surface area contributed by atoms with E-state index in [0.29, 0.717) is 13.1 Å². The van der Waals surface area contributed by atoms with E-state index in [1.165, 1.54) is 6.07 Å². The molecule has 0 atom stereocenters. The summed E-state index contributed by atoms with van der Waals surface area (Å²) in [5.74, 6) is -0.815. The van der Waals surface area contributed by atoms with Gasteiger partial charge in [0.05, 0.1) is 11.5 Å². The van der Waals surface area contributed by atoms with Crippen LogP contribution in [-0.4, -0.2) is 53.6 Å². The number of benzene rings is 1. The lowest BCUT2D eigenvalue weighted by atomic mass is 10.1. The summed E-state index contributed by atoms with van der Waals surface area (Å²) in [5.41, 5.74) is 1.94. The first-order chi connectivity index (χ1) is 9.47. The minimum atomic E-state index is -0.815. The average Bonchev–Trinajstić information content (AvgIpc) is 2.39. The van der Waals surface area contributed by atoms with Crippen LogP contribution in [0.25, 0.3) is 0 Å². The van der Waals surface area contributed by atoms with Gasteiger partial charge in [-0.15, -0.1) is 0 Å². The molecule has 0 unspecified atom stereocenters. The van der Waals surface area contributed by atoms with Gasteiger partial charge in [-0.05, 0) is 18.6 Å². The number of carboxylic acid groups (broad SMARTS) is 1. The molecular formula is C13H17N3O4. The van der Waals surface area contributed by atoms with Crippen molar-refractivity contribution >= 4 is 17.3 Å². The molecule has 0 spiro atoms. The fourth-order valence-corrected chi connectivity index (χ4v) is 2.45. The zero-order valence-corrected chi connectivity index (χ0v) is 11.3. The lowest BCUT2D eigenvalue weighted by Crippen LogP contribution is -2.48. The monoisotopic (exact) mass is 279 g/mol. The highest BCUT2D eigenvalue weighted by Crippen LogP contribution is 2.25. The quantitative estimate of drug-likeness (QED) is 0.656. The first-order valence-electron chi connectivity index (χ1n) is 6.41. The van der Waals surface area contributed by atoms with Crippen molar-refractivity contribution in [1.29, 1.82) is 0 Å². The molecule has 2 rings (SSSR count). The number of hydrogen-bond donors (Lipinski definition) is 1. The van der Waals surface area contributed by atoms with Gasteiger partial charge in [-0.3, -0.25) is 19.8 Å². The van der Waals surface area contributed by atoms with E-state index in [1.807, 2.05) is 11.8 Å². The molecule has 0 saturated carbocycles. The van der Waals surface area contributed by atoms with Crippen LogP contribution in [0.15, 0.2) is 18.2 Å². The van der Waals surface area contributed by atoms with Crippen molar-refractivity contribution in [2.45, 2.75) is 6.92 Å². The van der Waals surface area contributed by atoms with Gasteiger partial charge in [-0.2, -0.15) is 0 Å². The molecule has 1 saturated heterocycles. The van der Waals surface area contributed by atoms with Crippen molar-refractivity contribution in [3.63, 3.8) is 0 Å². The predicted octanol–water partition coefficient (Wildman–Crippen LogP) is 1.11. The van der Waals surface area contributed by atoms with Crippen molar-refractivity contribution in [3.8, 4) is 0 Å². The molecule has 1 fully saturated rings. The molecule has 0 aliphatic carbocycles. The lowest BCUT2D eigenvalue weighted by Gasteiger charge is -2.36. The zero-order valence-electron chi connectivity index (χ0n) is 11.3. The molecule has 1 aliphatic heterocycles. The first-order valence-corrected chi connectivity index (χ1v) is 6.41. The van der Waals surface area contributed by atoms with Gasteiger partial charge in [0, 0.05) is 44.0 Å². The summed E-state index contributed by atoms with van der Waals surface area (Å²) in [4.78, 5) is 25.0. The Morgan fingerprint density at radius 1 is 1.35 bits per heavy atom. The molecule has 108 valence electrons. The number of hydrogen-bond acceptors (Lipinski definition) is 5. The predicted molar refractivity (Wildman–Crippen MR) is 74.1 cm³/mol. The third-order valence-electron chi connectivity index (χ3n) is 3.46. The van der Waals surface area contributed by atoms with E-state index in [0.717, 1.165) is 24.3 Å². The van der Waals surface area contributed by atoms with E-state index in [1.54, 1.807) is 12.1 Å². The topological polar surface area (TPSA) is 86.9 Å². The molecular weight excluding hydrogens is 262 g/mol. The Labute approximate surface area is 116 Å². The maximum absolute atomic E-state index is 10.7. The van der Waals surface area contributed by atoms with Gasteiger partial charge in [0.1, 0.15) is 0 Å². The van der Waals surface area contributed by atoms with E-state index >= 15 is 0 Å². The summed E-state index contributed by atoms with van der Waals surface area (Å²) in [6, 6.07) is 4.84. The van der Waals surface area contributed by atoms with E-state index in [-0.39, 0.29) is 12.2 Å². The van der Waals surface area contributed by atoms with Crippen molar-refractivity contribution in [2.24, 2.45) is 0 Å². The Balaban J connectivity index is 2.03. The van der Waals surface area contributed by atoms with E-state index in [4.69, 9.17) is 5.11 Å². The highest BCUT2D eigenvalue weighted by molar-refractivity contribution is 5.69. The van der Waals surface area contributed by atoms with Crippen LogP contribution in [0.1, 0.15) is 5.56 Å². The molecule has 20 heavy (non-hydrogen) atoms. The zero-order chi connectivity index (χ0) is 14.7. The minimum absolute atomic E-state index is 0.0626. The highest BCUT2D eigenvalue weighted by Gasteiger charge is 2.20. The number of nitro benzene ring substituents is 1. The Kier molecular flexibility index (Phi) is 4.19. The average molecular weight is 279 g/mol. The Bertz CT molecular complexity index is 524. The number of rotatable bonds is 4. The standard InChI is InChI=1S/C13H17N3O4/c1-10-8-11(16(19)20)2-3-12(10)15-6-4-14(5-7-15)9-13(17)18/h2-3,8H,4-7,9H2,1H3,(H,17,18). The summed E-state index contributed by atoms with van der Waals surface area (Å²) >= 11 is 0. The number of nitro groups is 1. The fraction of sp³-hybridized carbons (Fsp3) is 0.462. The van der Waals surface area contributed by atoms with Crippen LogP contribution in [0.5, 0.6) is 0 Å². The van der Waals surface area contributed by atoms with Crippen LogP contribution >= 0.6 is 0 Å². The van der Waals surface area contributed by atoms with E-state index in [2.05, 4.69) is 4.90 Å². The smallest absolute Gasteiger partial charge is 0.317 e. The molecule has 7 nitrogen and oxygen atoms in total. The van der Waals surface area contributed by atoms with Crippen molar-refractivity contribution in [2.75, 3.05) is 37.6 Å². The molecule has 0 radical (unpaired) electrons. The van der Waals surface area contributed by atoms with Crippen molar-refractivity contribution in [1.82, 2.24) is 4.90 Å². The van der Waals surface area contributed by atoms with Gasteiger partial charge in [0.2, 0.25) is 0 Å². The Morgan fingerprint density at radius 3 is 2.50 bits per heavy atom. The SMILES string of the molecule is Cc1cc([N+](=O)[O-])ccc1N1CCN(CC(=O)O)CC1. The molecule has 1 aromatic carbocycles. The number of aliphatic carboxylic acids is 1. The maximum Gasteiger partial charge on any atom is 0.317 e. The van der Waals surface area contributed by atoms with E-state index in [9.17, 15) is 14.9 Å². The number of piperazine rings is 1.